The summed E-state index contributed by atoms with van der Waals surface area (Å²) in [6.07, 6.45) is 2.46. The van der Waals surface area contributed by atoms with E-state index >= 15 is 0 Å². The first-order chi connectivity index (χ1) is 12.2. The minimum absolute atomic E-state index is 0.0618. The van der Waals surface area contributed by atoms with Gasteiger partial charge in [-0.25, -0.2) is 4.98 Å². The summed E-state index contributed by atoms with van der Waals surface area (Å²) in [7, 11) is 0. The van der Waals surface area contributed by atoms with E-state index in [4.69, 9.17) is 14.6 Å². The summed E-state index contributed by atoms with van der Waals surface area (Å²) >= 11 is 1.57. The molecule has 0 saturated heterocycles. The largest absolute Gasteiger partial charge is 0.481 e. The Balaban J connectivity index is 1.73. The summed E-state index contributed by atoms with van der Waals surface area (Å²) < 4.78 is 11.8. The van der Waals surface area contributed by atoms with Gasteiger partial charge in [-0.05, 0) is 47.9 Å². The van der Waals surface area contributed by atoms with E-state index in [1.54, 1.807) is 11.3 Å². The monoisotopic (exact) mass is 353 g/mol. The Kier molecular flexibility index (Phi) is 4.11. The fourth-order valence-corrected chi connectivity index (χ4v) is 3.71. The van der Waals surface area contributed by atoms with Gasteiger partial charge in [-0.15, -0.1) is 11.3 Å². The molecule has 1 aliphatic heterocycles. The number of thiazole rings is 1. The number of allylic oxidation sites excluding steroid dienone is 1. The quantitative estimate of drug-likeness (QED) is 0.735. The lowest BCUT2D eigenvalue weighted by Gasteiger charge is -2.04. The highest BCUT2D eigenvalue weighted by molar-refractivity contribution is 7.19. The van der Waals surface area contributed by atoms with Gasteiger partial charge in [0, 0.05) is 6.42 Å². The highest BCUT2D eigenvalue weighted by atomic mass is 32.1. The second-order valence-corrected chi connectivity index (χ2v) is 6.69. The second-order valence-electron chi connectivity index (χ2n) is 5.66. The minimum Gasteiger partial charge on any atom is -0.481 e. The minimum atomic E-state index is -0.822. The molecule has 0 spiro atoms. The normalized spacial score (nSPS) is 13.4. The summed E-state index contributed by atoms with van der Waals surface area (Å²) in [5, 5.41) is 9.91. The lowest BCUT2D eigenvalue weighted by Crippen LogP contribution is -1.95. The van der Waals surface area contributed by atoms with Gasteiger partial charge in [0.1, 0.15) is 5.01 Å². The first kappa shape index (κ1) is 15.7. The molecule has 6 heteroatoms. The molecule has 1 aromatic heterocycles. The van der Waals surface area contributed by atoms with Crippen LogP contribution in [0.15, 0.2) is 42.5 Å². The van der Waals surface area contributed by atoms with E-state index in [9.17, 15) is 4.79 Å². The van der Waals surface area contributed by atoms with E-state index in [0.717, 1.165) is 32.1 Å². The molecule has 1 aliphatic rings. The number of para-hydroxylation sites is 1. The number of carbonyl (C=O) groups is 1. The maximum Gasteiger partial charge on any atom is 0.303 e. The van der Waals surface area contributed by atoms with E-state index in [1.807, 2.05) is 48.5 Å². The second kappa shape index (κ2) is 6.57. The molecule has 0 radical (unpaired) electrons. The van der Waals surface area contributed by atoms with E-state index in [0.29, 0.717) is 12.2 Å². The van der Waals surface area contributed by atoms with E-state index < -0.39 is 5.97 Å². The predicted octanol–water partition coefficient (Wildman–Crippen LogP) is 4.43. The molecule has 1 N–H and O–H groups in total. The molecule has 5 nitrogen and oxygen atoms in total. The van der Waals surface area contributed by atoms with E-state index in [2.05, 4.69) is 4.98 Å². The predicted molar refractivity (Wildman–Crippen MR) is 96.9 cm³/mol. The van der Waals surface area contributed by atoms with Crippen molar-refractivity contribution in [3.63, 3.8) is 0 Å². The lowest BCUT2D eigenvalue weighted by atomic mass is 10.1. The van der Waals surface area contributed by atoms with Gasteiger partial charge in [0.25, 0.3) is 0 Å². The number of ether oxygens (including phenoxy) is 2. The van der Waals surface area contributed by atoms with Crippen molar-refractivity contribution in [2.45, 2.75) is 12.8 Å². The van der Waals surface area contributed by atoms with E-state index in [1.165, 1.54) is 0 Å². The fourth-order valence-electron chi connectivity index (χ4n) is 2.70. The van der Waals surface area contributed by atoms with Crippen LogP contribution < -0.4 is 9.47 Å². The zero-order chi connectivity index (χ0) is 17.2. The average Bonchev–Trinajstić information content (AvgIpc) is 3.24. The SMILES string of the molecule is O=C(O)CC/C(=C/c1ccc2c(c1)OCO2)c1nc2ccccc2s1. The molecule has 4 rings (SSSR count). The third-order valence-corrected chi connectivity index (χ3v) is 5.03. The van der Waals surface area contributed by atoms with Crippen molar-refractivity contribution in [2.75, 3.05) is 6.79 Å². The standard InChI is InChI=1S/C19H15NO4S/c21-18(22)8-6-13(19-20-14-3-1-2-4-17(14)25-19)9-12-5-7-15-16(10-12)24-11-23-15/h1-5,7,9-10H,6,8,11H2,(H,21,22)/b13-9-. The van der Waals surface area contributed by atoms with Crippen LogP contribution >= 0.6 is 11.3 Å². The Hall–Kier alpha value is -2.86. The molecular formula is C19H15NO4S. The first-order valence-electron chi connectivity index (χ1n) is 7.87. The van der Waals surface area contributed by atoms with Crippen molar-refractivity contribution in [2.24, 2.45) is 0 Å². The van der Waals surface area contributed by atoms with Gasteiger partial charge < -0.3 is 14.6 Å². The lowest BCUT2D eigenvalue weighted by molar-refractivity contribution is -0.136. The summed E-state index contributed by atoms with van der Waals surface area (Å²) in [6, 6.07) is 13.6. The zero-order valence-electron chi connectivity index (χ0n) is 13.3. The first-order valence-corrected chi connectivity index (χ1v) is 8.69. The number of aliphatic carboxylic acids is 1. The summed E-state index contributed by atoms with van der Waals surface area (Å²) in [5.74, 6) is 0.609. The molecule has 0 unspecified atom stereocenters. The molecule has 0 aliphatic carbocycles. The molecule has 0 fully saturated rings. The third-order valence-electron chi connectivity index (χ3n) is 3.91. The summed E-state index contributed by atoms with van der Waals surface area (Å²) in [6.45, 7) is 0.228. The van der Waals surface area contributed by atoms with Crippen molar-refractivity contribution < 1.29 is 19.4 Å². The molecule has 0 bridgehead atoms. The molecule has 126 valence electrons. The Labute approximate surface area is 148 Å². The number of rotatable bonds is 5. The molecule has 3 aromatic rings. The number of benzene rings is 2. The van der Waals surface area contributed by atoms with Crippen LogP contribution in [0.4, 0.5) is 0 Å². The van der Waals surface area contributed by atoms with Crippen LogP contribution in [0.1, 0.15) is 23.4 Å². The van der Waals surface area contributed by atoms with Crippen LogP contribution in [-0.4, -0.2) is 22.9 Å². The van der Waals surface area contributed by atoms with Crippen LogP contribution in [0.3, 0.4) is 0 Å². The third kappa shape index (κ3) is 3.34. The van der Waals surface area contributed by atoms with Crippen molar-refractivity contribution in [1.82, 2.24) is 4.98 Å². The molecule has 25 heavy (non-hydrogen) atoms. The molecule has 0 amide bonds. The average molecular weight is 353 g/mol. The molecule has 0 atom stereocenters. The number of carboxylic acid groups (broad SMARTS) is 1. The molecule has 0 saturated carbocycles. The van der Waals surface area contributed by atoms with Crippen LogP contribution in [-0.2, 0) is 4.79 Å². The van der Waals surface area contributed by atoms with Gasteiger partial charge in [-0.1, -0.05) is 18.2 Å². The van der Waals surface area contributed by atoms with Crippen molar-refractivity contribution >= 4 is 39.2 Å². The van der Waals surface area contributed by atoms with Gasteiger partial charge in [0.05, 0.1) is 10.2 Å². The summed E-state index contributed by atoms with van der Waals surface area (Å²) in [5.41, 5.74) is 2.76. The van der Waals surface area contributed by atoms with Gasteiger partial charge in [0.15, 0.2) is 11.5 Å². The number of nitrogens with zero attached hydrogens (tertiary/aromatic N) is 1. The Morgan fingerprint density at radius 2 is 2.00 bits per heavy atom. The van der Waals surface area contributed by atoms with Crippen molar-refractivity contribution in [3.8, 4) is 11.5 Å². The number of aromatic nitrogens is 1. The Bertz CT molecular complexity index is 943. The van der Waals surface area contributed by atoms with E-state index in [-0.39, 0.29) is 13.2 Å². The van der Waals surface area contributed by atoms with Crippen LogP contribution in [0.5, 0.6) is 11.5 Å². The molecule has 2 heterocycles. The van der Waals surface area contributed by atoms with Crippen molar-refractivity contribution in [1.29, 1.82) is 0 Å². The molecular weight excluding hydrogens is 338 g/mol. The van der Waals surface area contributed by atoms with Gasteiger partial charge in [-0.2, -0.15) is 0 Å². The Morgan fingerprint density at radius 1 is 1.16 bits per heavy atom. The number of fused-ring (bicyclic) bond motifs is 2. The van der Waals surface area contributed by atoms with Crippen LogP contribution in [0, 0.1) is 0 Å². The summed E-state index contributed by atoms with van der Waals surface area (Å²) in [4.78, 5) is 15.7. The topological polar surface area (TPSA) is 68.7 Å². The van der Waals surface area contributed by atoms with Gasteiger partial charge in [-0.3, -0.25) is 4.79 Å². The number of hydrogen-bond acceptors (Lipinski definition) is 5. The smallest absolute Gasteiger partial charge is 0.303 e. The zero-order valence-corrected chi connectivity index (χ0v) is 14.1. The Morgan fingerprint density at radius 3 is 2.84 bits per heavy atom. The maximum absolute atomic E-state index is 11.0. The van der Waals surface area contributed by atoms with Gasteiger partial charge >= 0.3 is 5.97 Å². The maximum atomic E-state index is 11.0. The number of hydrogen-bond donors (Lipinski definition) is 1. The molecule has 2 aromatic carbocycles. The highest BCUT2D eigenvalue weighted by Gasteiger charge is 2.15. The fraction of sp³-hybridized carbons (Fsp3) is 0.158. The highest BCUT2D eigenvalue weighted by Crippen LogP contribution is 2.35. The van der Waals surface area contributed by atoms with Crippen molar-refractivity contribution in [3.05, 3.63) is 53.0 Å². The van der Waals surface area contributed by atoms with Gasteiger partial charge in [0.2, 0.25) is 6.79 Å². The van der Waals surface area contributed by atoms with Crippen LogP contribution in [0.2, 0.25) is 0 Å². The van der Waals surface area contributed by atoms with Crippen LogP contribution in [0.25, 0.3) is 21.9 Å². The number of carboxylic acids is 1.